The lowest BCUT2D eigenvalue weighted by atomic mass is 9.77. The number of carbonyl (C=O) groups excluding carboxylic acids is 1. The van der Waals surface area contributed by atoms with Crippen LogP contribution in [0.15, 0.2) is 28.9 Å². The van der Waals surface area contributed by atoms with Crippen molar-refractivity contribution >= 4 is 6.09 Å². The van der Waals surface area contributed by atoms with Gasteiger partial charge in [0.2, 0.25) is 0 Å². The highest BCUT2D eigenvalue weighted by Crippen LogP contribution is 2.37. The van der Waals surface area contributed by atoms with Gasteiger partial charge in [0.1, 0.15) is 35.8 Å². The number of aliphatic hydroxyl groups is 2. The largest absolute Gasteiger partial charge is 0.450 e. The van der Waals surface area contributed by atoms with Crippen LogP contribution in [0.3, 0.4) is 0 Å². The molecule has 43 heavy (non-hydrogen) atoms. The molecule has 0 radical (unpaired) electrons. The Kier molecular flexibility index (Phi) is 9.11. The Labute approximate surface area is 247 Å². The summed E-state index contributed by atoms with van der Waals surface area (Å²) in [5.74, 6) is -1.51. The SMILES string of the molecule is CCOC(=O)N1CCC(C)(c2cc(C[C@H]3O[C@H](CO)[C@H](O)[C@H](n4cc(-c5ccc(C)c(F)c5F)nn4)[C@H]3OC)on2)CC1. The van der Waals surface area contributed by atoms with Gasteiger partial charge in [0.25, 0.3) is 0 Å². The summed E-state index contributed by atoms with van der Waals surface area (Å²) in [4.78, 5) is 13.8. The number of hydrogen-bond acceptors (Lipinski definition) is 10. The number of benzene rings is 1. The van der Waals surface area contributed by atoms with Crippen LogP contribution in [-0.2, 0) is 26.0 Å². The highest BCUT2D eigenvalue weighted by atomic mass is 19.2. The molecule has 0 aliphatic carbocycles. The Hall–Kier alpha value is -3.46. The molecule has 1 aromatic carbocycles. The molecule has 5 atom stereocenters. The average molecular weight is 606 g/mol. The van der Waals surface area contributed by atoms with Crippen molar-refractivity contribution in [1.82, 2.24) is 25.1 Å². The molecule has 1 amide bonds. The van der Waals surface area contributed by atoms with E-state index in [0.717, 1.165) is 5.69 Å². The molecule has 2 fully saturated rings. The van der Waals surface area contributed by atoms with E-state index in [-0.39, 0.29) is 34.7 Å². The predicted octanol–water partition coefficient (Wildman–Crippen LogP) is 2.95. The number of likely N-dealkylation sites (tertiary alicyclic amines) is 1. The number of amides is 1. The summed E-state index contributed by atoms with van der Waals surface area (Å²) in [6.07, 6.45) is -1.09. The number of aryl methyl sites for hydroxylation is 1. The van der Waals surface area contributed by atoms with E-state index in [0.29, 0.717) is 38.3 Å². The van der Waals surface area contributed by atoms with Gasteiger partial charge in [-0.15, -0.1) is 5.10 Å². The van der Waals surface area contributed by atoms with Gasteiger partial charge in [-0.1, -0.05) is 23.4 Å². The summed E-state index contributed by atoms with van der Waals surface area (Å²) < 4.78 is 52.9. The van der Waals surface area contributed by atoms with E-state index in [1.165, 1.54) is 37.0 Å². The average Bonchev–Trinajstić information content (AvgIpc) is 3.68. The zero-order valence-corrected chi connectivity index (χ0v) is 24.6. The number of carbonyl (C=O) groups is 1. The van der Waals surface area contributed by atoms with Crippen LogP contribution in [0.2, 0.25) is 0 Å². The van der Waals surface area contributed by atoms with E-state index in [1.54, 1.807) is 11.8 Å². The lowest BCUT2D eigenvalue weighted by Crippen LogP contribution is -2.57. The van der Waals surface area contributed by atoms with Crippen molar-refractivity contribution in [3.05, 3.63) is 53.0 Å². The second-order valence-corrected chi connectivity index (χ2v) is 11.3. The number of hydrogen-bond donors (Lipinski definition) is 2. The lowest BCUT2D eigenvalue weighted by molar-refractivity contribution is -0.212. The Morgan fingerprint density at radius 1 is 1.21 bits per heavy atom. The van der Waals surface area contributed by atoms with Crippen LogP contribution in [0.1, 0.15) is 49.7 Å². The van der Waals surface area contributed by atoms with Gasteiger partial charge in [-0.25, -0.2) is 18.3 Å². The summed E-state index contributed by atoms with van der Waals surface area (Å²) in [6.45, 7) is 6.21. The molecule has 3 aromatic rings. The molecule has 0 unspecified atom stereocenters. The molecule has 234 valence electrons. The van der Waals surface area contributed by atoms with Crippen molar-refractivity contribution in [2.75, 3.05) is 33.4 Å². The van der Waals surface area contributed by atoms with Gasteiger partial charge in [-0.2, -0.15) is 0 Å². The van der Waals surface area contributed by atoms with E-state index in [2.05, 4.69) is 22.4 Å². The van der Waals surface area contributed by atoms with Crippen LogP contribution in [0, 0.1) is 18.6 Å². The van der Waals surface area contributed by atoms with Gasteiger partial charge in [0, 0.05) is 43.7 Å². The third-order valence-corrected chi connectivity index (χ3v) is 8.58. The molecule has 5 rings (SSSR count). The summed E-state index contributed by atoms with van der Waals surface area (Å²) in [7, 11) is 1.46. The zero-order valence-electron chi connectivity index (χ0n) is 24.6. The first-order chi connectivity index (χ1) is 20.6. The van der Waals surface area contributed by atoms with Crippen molar-refractivity contribution in [1.29, 1.82) is 0 Å². The molecule has 12 nitrogen and oxygen atoms in total. The fourth-order valence-corrected chi connectivity index (χ4v) is 5.87. The topological polar surface area (TPSA) is 145 Å². The molecule has 4 heterocycles. The Bertz CT molecular complexity index is 1420. The van der Waals surface area contributed by atoms with Crippen molar-refractivity contribution < 1.29 is 42.5 Å². The summed E-state index contributed by atoms with van der Waals surface area (Å²) in [5.41, 5.74) is 0.597. The molecule has 0 saturated carbocycles. The first-order valence-electron chi connectivity index (χ1n) is 14.3. The highest BCUT2D eigenvalue weighted by molar-refractivity contribution is 5.67. The van der Waals surface area contributed by atoms with E-state index >= 15 is 0 Å². The van der Waals surface area contributed by atoms with Gasteiger partial charge in [0.15, 0.2) is 11.6 Å². The highest BCUT2D eigenvalue weighted by Gasteiger charge is 2.47. The van der Waals surface area contributed by atoms with Crippen LogP contribution in [0.25, 0.3) is 11.3 Å². The van der Waals surface area contributed by atoms with E-state index < -0.39 is 48.7 Å². The summed E-state index contributed by atoms with van der Waals surface area (Å²) in [5, 5.41) is 33.6. The number of aliphatic hydroxyl groups excluding tert-OH is 2. The maximum atomic E-state index is 14.7. The van der Waals surface area contributed by atoms with E-state index in [1.807, 2.05) is 6.07 Å². The standard InChI is InChI=1S/C29H37F2N5O7/c1-5-41-28(39)35-10-8-29(3,9-11-35)22-13-17(43-33-22)12-20-27(40-4)25(26(38)21(15-37)42-20)36-14-19(32-34-36)18-7-6-16(2)23(30)24(18)31/h6-7,13-14,20-21,25-27,37-38H,5,8-12,15H2,1-4H3/t20-,21-,25+,26+,27+/m1/s1. The fraction of sp³-hybridized carbons (Fsp3) is 0.586. The molecule has 0 spiro atoms. The number of methoxy groups -OCH3 is 1. The Morgan fingerprint density at radius 2 is 1.95 bits per heavy atom. The Balaban J connectivity index is 1.35. The number of rotatable bonds is 8. The first-order valence-corrected chi connectivity index (χ1v) is 14.3. The van der Waals surface area contributed by atoms with Gasteiger partial charge < -0.3 is 33.8 Å². The zero-order chi connectivity index (χ0) is 30.9. The molecule has 2 aliphatic heterocycles. The van der Waals surface area contributed by atoms with Gasteiger partial charge in [-0.05, 0) is 38.3 Å². The molecule has 2 aliphatic rings. The van der Waals surface area contributed by atoms with Gasteiger partial charge >= 0.3 is 6.09 Å². The monoisotopic (exact) mass is 605 g/mol. The summed E-state index contributed by atoms with van der Waals surface area (Å²) in [6, 6.07) is 3.83. The number of aromatic nitrogens is 4. The minimum atomic E-state index is -1.26. The molecule has 2 saturated heterocycles. The molecule has 2 aromatic heterocycles. The Morgan fingerprint density at radius 3 is 2.63 bits per heavy atom. The van der Waals surface area contributed by atoms with Gasteiger partial charge in [0.05, 0.1) is 31.2 Å². The normalized spacial score (nSPS) is 25.6. The second kappa shape index (κ2) is 12.6. The minimum Gasteiger partial charge on any atom is -0.450 e. The second-order valence-electron chi connectivity index (χ2n) is 11.3. The quantitative estimate of drug-likeness (QED) is 0.393. The van der Waals surface area contributed by atoms with E-state index in [4.69, 9.17) is 18.7 Å². The van der Waals surface area contributed by atoms with Crippen molar-refractivity contribution in [3.63, 3.8) is 0 Å². The third-order valence-electron chi connectivity index (χ3n) is 8.58. The minimum absolute atomic E-state index is 0.0732. The maximum Gasteiger partial charge on any atom is 0.409 e. The van der Waals surface area contributed by atoms with Crippen LogP contribution in [0.5, 0.6) is 0 Å². The van der Waals surface area contributed by atoms with Crippen LogP contribution < -0.4 is 0 Å². The molecule has 0 bridgehead atoms. The van der Waals surface area contributed by atoms with E-state index in [9.17, 15) is 23.8 Å². The molecule has 14 heteroatoms. The van der Waals surface area contributed by atoms with Crippen molar-refractivity contribution in [2.24, 2.45) is 0 Å². The lowest BCUT2D eigenvalue weighted by Gasteiger charge is -2.43. The van der Waals surface area contributed by atoms with Crippen LogP contribution in [-0.4, -0.2) is 99.2 Å². The molecule has 2 N–H and O–H groups in total. The van der Waals surface area contributed by atoms with Crippen molar-refractivity contribution in [3.8, 4) is 11.3 Å². The first kappa shape index (κ1) is 31.0. The summed E-state index contributed by atoms with van der Waals surface area (Å²) >= 11 is 0. The van der Waals surface area contributed by atoms with Crippen molar-refractivity contribution in [2.45, 2.75) is 75.9 Å². The number of nitrogens with zero attached hydrogens (tertiary/aromatic N) is 5. The van der Waals surface area contributed by atoms with Crippen LogP contribution >= 0.6 is 0 Å². The fourth-order valence-electron chi connectivity index (χ4n) is 5.87. The predicted molar refractivity (Wildman–Crippen MR) is 147 cm³/mol. The van der Waals surface area contributed by atoms with Gasteiger partial charge in [-0.3, -0.25) is 0 Å². The smallest absolute Gasteiger partial charge is 0.409 e. The number of halogens is 2. The molecular formula is C29H37F2N5O7. The maximum absolute atomic E-state index is 14.7. The number of piperidine rings is 1. The number of ether oxygens (including phenoxy) is 3. The third kappa shape index (κ3) is 6.01. The molecular weight excluding hydrogens is 568 g/mol. The van der Waals surface area contributed by atoms with Crippen LogP contribution in [0.4, 0.5) is 13.6 Å².